The molecule has 1 fully saturated rings. The number of anilines is 1. The summed E-state index contributed by atoms with van der Waals surface area (Å²) in [6, 6.07) is 4.28. The van der Waals surface area contributed by atoms with E-state index in [9.17, 15) is 19.7 Å². The van der Waals surface area contributed by atoms with Gasteiger partial charge in [0.15, 0.2) is 0 Å². The predicted molar refractivity (Wildman–Crippen MR) is 86.3 cm³/mol. The van der Waals surface area contributed by atoms with Crippen LogP contribution < -0.4 is 4.90 Å². The molecule has 1 aromatic rings. The summed E-state index contributed by atoms with van der Waals surface area (Å²) in [5, 5.41) is 11.0. The van der Waals surface area contributed by atoms with Crippen LogP contribution in [0.25, 0.3) is 0 Å². The molecule has 1 saturated heterocycles. The Hall–Kier alpha value is -2.28. The smallest absolute Gasteiger partial charge is 0.269 e. The van der Waals surface area contributed by atoms with Crippen molar-refractivity contribution in [2.24, 2.45) is 0 Å². The maximum atomic E-state index is 11.8. The monoisotopic (exact) mass is 319 g/mol. The van der Waals surface area contributed by atoms with Crippen molar-refractivity contribution in [2.45, 2.75) is 33.1 Å². The molecule has 1 aromatic carbocycles. The van der Waals surface area contributed by atoms with Crippen LogP contribution in [0.3, 0.4) is 0 Å². The van der Waals surface area contributed by atoms with Crippen LogP contribution in [-0.2, 0) is 16.0 Å². The van der Waals surface area contributed by atoms with Crippen LogP contribution in [0.2, 0.25) is 0 Å². The van der Waals surface area contributed by atoms with Gasteiger partial charge in [-0.2, -0.15) is 0 Å². The van der Waals surface area contributed by atoms with Crippen molar-refractivity contribution < 1.29 is 14.5 Å². The minimum atomic E-state index is -0.463. The Labute approximate surface area is 135 Å². The molecule has 0 bridgehead atoms. The third-order valence-electron chi connectivity index (χ3n) is 4.04. The zero-order valence-electron chi connectivity index (χ0n) is 13.4. The molecule has 0 spiro atoms. The first-order valence-corrected chi connectivity index (χ1v) is 7.71. The lowest BCUT2D eigenvalue weighted by Crippen LogP contribution is -2.34. The number of hydrogen-bond acceptors (Lipinski definition) is 5. The lowest BCUT2D eigenvalue weighted by molar-refractivity contribution is -0.384. The minimum absolute atomic E-state index is 0.0303. The fourth-order valence-corrected chi connectivity index (χ4v) is 2.95. The van der Waals surface area contributed by atoms with E-state index in [0.29, 0.717) is 17.7 Å². The average Bonchev–Trinajstić information content (AvgIpc) is 2.98. The van der Waals surface area contributed by atoms with Gasteiger partial charge in [-0.3, -0.25) is 24.6 Å². The maximum absolute atomic E-state index is 11.8. The minimum Gasteiger partial charge on any atom is -0.303 e. The second-order valence-corrected chi connectivity index (χ2v) is 5.74. The molecular formula is C16H21N3O4. The van der Waals surface area contributed by atoms with E-state index in [1.54, 1.807) is 0 Å². The zero-order chi connectivity index (χ0) is 17.0. The van der Waals surface area contributed by atoms with Gasteiger partial charge >= 0.3 is 0 Å². The Bertz CT molecular complexity index is 610. The number of rotatable bonds is 5. The van der Waals surface area contributed by atoms with Gasteiger partial charge in [0.05, 0.1) is 10.6 Å². The molecule has 23 heavy (non-hydrogen) atoms. The van der Waals surface area contributed by atoms with Gasteiger partial charge in [-0.15, -0.1) is 0 Å². The van der Waals surface area contributed by atoms with Gasteiger partial charge in [0.1, 0.15) is 0 Å². The molecule has 0 saturated carbocycles. The first kappa shape index (κ1) is 17.1. The first-order chi connectivity index (χ1) is 10.9. The second kappa shape index (κ2) is 7.32. The highest BCUT2D eigenvalue weighted by Crippen LogP contribution is 2.27. The van der Waals surface area contributed by atoms with E-state index in [0.717, 1.165) is 37.4 Å². The molecular weight excluding hydrogens is 298 g/mol. The van der Waals surface area contributed by atoms with Crippen molar-refractivity contribution in [3.05, 3.63) is 33.9 Å². The molecule has 0 aromatic heterocycles. The van der Waals surface area contributed by atoms with Crippen molar-refractivity contribution >= 4 is 23.2 Å². The van der Waals surface area contributed by atoms with Gasteiger partial charge < -0.3 is 4.90 Å². The maximum Gasteiger partial charge on any atom is 0.269 e. The van der Waals surface area contributed by atoms with Crippen molar-refractivity contribution in [1.29, 1.82) is 0 Å². The van der Waals surface area contributed by atoms with Gasteiger partial charge in [-0.05, 0) is 44.0 Å². The van der Waals surface area contributed by atoms with Gasteiger partial charge in [0, 0.05) is 32.5 Å². The topological polar surface area (TPSA) is 83.8 Å². The molecule has 1 aliphatic heterocycles. The summed E-state index contributed by atoms with van der Waals surface area (Å²) in [6.07, 6.45) is 2.89. The van der Waals surface area contributed by atoms with E-state index < -0.39 is 16.7 Å². The van der Waals surface area contributed by atoms with E-state index in [-0.39, 0.29) is 5.69 Å². The quantitative estimate of drug-likeness (QED) is 0.613. The molecule has 2 rings (SSSR count). The number of hydrogen-bond donors (Lipinski definition) is 0. The Balaban J connectivity index is 2.33. The number of amides is 2. The Kier molecular flexibility index (Phi) is 5.44. The number of non-ortho nitro benzene ring substituents is 1. The Morgan fingerprint density at radius 2 is 1.83 bits per heavy atom. The molecule has 2 amide bonds. The summed E-state index contributed by atoms with van der Waals surface area (Å²) in [6.45, 7) is 5.43. The number of nitro groups is 1. The normalized spacial score (nSPS) is 14.7. The number of carbonyl (C=O) groups excluding carboxylic acids is 2. The number of nitrogens with zero attached hydrogens (tertiary/aromatic N) is 3. The number of benzene rings is 1. The predicted octanol–water partition coefficient (Wildman–Crippen LogP) is 2.13. The summed E-state index contributed by atoms with van der Waals surface area (Å²) in [5.41, 5.74) is 1.06. The zero-order valence-corrected chi connectivity index (χ0v) is 13.4. The summed E-state index contributed by atoms with van der Waals surface area (Å²) in [5.74, 6) is -0.789. The molecule has 0 unspecified atom stereocenters. The lowest BCUT2D eigenvalue weighted by atomic mass is 10.1. The first-order valence-electron chi connectivity index (χ1n) is 7.71. The van der Waals surface area contributed by atoms with Crippen molar-refractivity contribution in [3.8, 4) is 0 Å². The van der Waals surface area contributed by atoms with E-state index in [1.807, 2.05) is 0 Å². The molecule has 7 nitrogen and oxygen atoms in total. The molecule has 0 atom stereocenters. The van der Waals surface area contributed by atoms with E-state index in [4.69, 9.17) is 0 Å². The number of carbonyl (C=O) groups is 2. The number of nitro benzene ring substituents is 1. The van der Waals surface area contributed by atoms with Crippen LogP contribution in [0.4, 0.5) is 11.4 Å². The summed E-state index contributed by atoms with van der Waals surface area (Å²) in [4.78, 5) is 37.5. The SMILES string of the molecule is CC(=O)N(C(C)=O)c1ccc([N+](=O)[O-])cc1CCN1CCCC1. The Morgan fingerprint density at radius 3 is 2.35 bits per heavy atom. The molecule has 7 heteroatoms. The van der Waals surface area contributed by atoms with Gasteiger partial charge in [0.25, 0.3) is 5.69 Å². The van der Waals surface area contributed by atoms with E-state index in [1.165, 1.54) is 32.0 Å². The molecule has 0 radical (unpaired) electrons. The standard InChI is InChI=1S/C16H21N3O4/c1-12(20)18(13(2)21)16-6-5-15(19(22)23)11-14(16)7-10-17-8-3-4-9-17/h5-6,11H,3-4,7-10H2,1-2H3. The third kappa shape index (κ3) is 4.13. The largest absolute Gasteiger partial charge is 0.303 e. The highest BCUT2D eigenvalue weighted by Gasteiger charge is 2.22. The van der Waals surface area contributed by atoms with Crippen molar-refractivity contribution in [3.63, 3.8) is 0 Å². The van der Waals surface area contributed by atoms with Crippen LogP contribution in [-0.4, -0.2) is 41.3 Å². The Morgan fingerprint density at radius 1 is 1.22 bits per heavy atom. The molecule has 1 aliphatic rings. The van der Waals surface area contributed by atoms with Crippen molar-refractivity contribution in [1.82, 2.24) is 4.90 Å². The highest BCUT2D eigenvalue weighted by molar-refractivity contribution is 6.13. The van der Waals surface area contributed by atoms with Crippen LogP contribution in [0.1, 0.15) is 32.3 Å². The van der Waals surface area contributed by atoms with E-state index in [2.05, 4.69) is 4.90 Å². The fourth-order valence-electron chi connectivity index (χ4n) is 2.95. The number of likely N-dealkylation sites (tertiary alicyclic amines) is 1. The fraction of sp³-hybridized carbons (Fsp3) is 0.500. The lowest BCUT2D eigenvalue weighted by Gasteiger charge is -2.22. The average molecular weight is 319 g/mol. The summed E-state index contributed by atoms with van der Waals surface area (Å²) in [7, 11) is 0. The molecule has 1 heterocycles. The van der Waals surface area contributed by atoms with Crippen LogP contribution >= 0.6 is 0 Å². The van der Waals surface area contributed by atoms with Gasteiger partial charge in [-0.1, -0.05) is 0 Å². The van der Waals surface area contributed by atoms with E-state index >= 15 is 0 Å². The third-order valence-corrected chi connectivity index (χ3v) is 4.04. The van der Waals surface area contributed by atoms with Crippen LogP contribution in [0, 0.1) is 10.1 Å². The molecule has 0 N–H and O–H groups in total. The van der Waals surface area contributed by atoms with Crippen LogP contribution in [0.5, 0.6) is 0 Å². The highest BCUT2D eigenvalue weighted by atomic mass is 16.6. The molecule has 124 valence electrons. The number of imide groups is 1. The second-order valence-electron chi connectivity index (χ2n) is 5.74. The summed E-state index contributed by atoms with van der Waals surface area (Å²) >= 11 is 0. The van der Waals surface area contributed by atoms with Crippen molar-refractivity contribution in [2.75, 3.05) is 24.5 Å². The van der Waals surface area contributed by atoms with Crippen LogP contribution in [0.15, 0.2) is 18.2 Å². The van der Waals surface area contributed by atoms with Gasteiger partial charge in [0.2, 0.25) is 11.8 Å². The summed E-state index contributed by atoms with van der Waals surface area (Å²) < 4.78 is 0. The van der Waals surface area contributed by atoms with Gasteiger partial charge in [-0.25, -0.2) is 0 Å². The molecule has 0 aliphatic carbocycles.